The van der Waals surface area contributed by atoms with Gasteiger partial charge in [0.2, 0.25) is 11.8 Å². The highest BCUT2D eigenvalue weighted by Gasteiger charge is 2.24. The molecule has 25 heavy (non-hydrogen) atoms. The Bertz CT molecular complexity index is 607. The smallest absolute Gasteiger partial charge is 0.326 e. The monoisotopic (exact) mass is 370 g/mol. The molecule has 0 aliphatic rings. The van der Waals surface area contributed by atoms with E-state index in [4.69, 9.17) is 5.11 Å². The summed E-state index contributed by atoms with van der Waals surface area (Å²) in [7, 11) is 0. The molecule has 2 atom stereocenters. The number of hydrogen-bond acceptors (Lipinski definition) is 4. The van der Waals surface area contributed by atoms with Gasteiger partial charge in [-0.15, -0.1) is 11.8 Å². The third kappa shape index (κ3) is 8.02. The molecule has 0 fully saturated rings. The van der Waals surface area contributed by atoms with Crippen LogP contribution in [0.3, 0.4) is 0 Å². The second-order valence-electron chi connectivity index (χ2n) is 6.04. The van der Waals surface area contributed by atoms with Crippen molar-refractivity contribution in [3.05, 3.63) is 30.1 Å². The molecule has 0 saturated carbocycles. The molecule has 0 heterocycles. The second-order valence-corrected chi connectivity index (χ2v) is 7.37. The van der Waals surface area contributed by atoms with Gasteiger partial charge in [-0.2, -0.15) is 0 Å². The van der Waals surface area contributed by atoms with Crippen LogP contribution in [0.15, 0.2) is 24.3 Å². The van der Waals surface area contributed by atoms with Crippen molar-refractivity contribution in [2.75, 3.05) is 11.1 Å². The minimum Gasteiger partial charge on any atom is -0.480 e. The summed E-state index contributed by atoms with van der Waals surface area (Å²) in [5, 5.41) is 13.7. The molecule has 2 amide bonds. The summed E-state index contributed by atoms with van der Waals surface area (Å²) in [4.78, 5) is 35.1. The van der Waals surface area contributed by atoms with Gasteiger partial charge in [-0.1, -0.05) is 13.8 Å². The van der Waals surface area contributed by atoms with Crippen LogP contribution in [0.5, 0.6) is 0 Å². The third-order valence-corrected chi connectivity index (χ3v) is 4.43. The Kier molecular flexibility index (Phi) is 8.40. The van der Waals surface area contributed by atoms with Gasteiger partial charge in [0, 0.05) is 5.69 Å². The lowest BCUT2D eigenvalue weighted by Gasteiger charge is -2.19. The van der Waals surface area contributed by atoms with E-state index < -0.39 is 29.0 Å². The number of aliphatic carboxylic acids is 1. The van der Waals surface area contributed by atoms with Crippen molar-refractivity contribution in [2.24, 2.45) is 5.92 Å². The maximum absolute atomic E-state index is 12.8. The van der Waals surface area contributed by atoms with E-state index in [1.165, 1.54) is 24.3 Å². The number of anilines is 1. The summed E-state index contributed by atoms with van der Waals surface area (Å²) in [6.45, 7) is 5.36. The maximum atomic E-state index is 12.8. The zero-order valence-corrected chi connectivity index (χ0v) is 15.2. The van der Waals surface area contributed by atoms with Crippen molar-refractivity contribution in [1.29, 1.82) is 0 Å². The van der Waals surface area contributed by atoms with E-state index in [0.29, 0.717) is 12.1 Å². The van der Waals surface area contributed by atoms with Gasteiger partial charge in [-0.05, 0) is 43.5 Å². The molecule has 138 valence electrons. The zero-order chi connectivity index (χ0) is 19.0. The summed E-state index contributed by atoms with van der Waals surface area (Å²) in [5.41, 5.74) is 0.465. The first-order valence-electron chi connectivity index (χ1n) is 7.89. The van der Waals surface area contributed by atoms with E-state index in [0.717, 1.165) is 11.8 Å². The van der Waals surface area contributed by atoms with Crippen molar-refractivity contribution in [3.63, 3.8) is 0 Å². The lowest BCUT2D eigenvalue weighted by Crippen LogP contribution is -2.44. The standard InChI is InChI=1S/C17H23FN2O4S/c1-10(2)8-14(17(23)24)20-16(22)11(3)25-9-15(21)19-13-6-4-12(18)5-7-13/h4-7,10-11,14H,8-9H2,1-3H3,(H,19,21)(H,20,22)(H,23,24)/t11?,14-/m0/s1. The molecule has 0 radical (unpaired) electrons. The molecule has 8 heteroatoms. The highest BCUT2D eigenvalue weighted by atomic mass is 32.2. The van der Waals surface area contributed by atoms with Gasteiger partial charge >= 0.3 is 5.97 Å². The molecule has 1 unspecified atom stereocenters. The van der Waals surface area contributed by atoms with Crippen LogP contribution >= 0.6 is 11.8 Å². The Morgan fingerprint density at radius 2 is 1.76 bits per heavy atom. The van der Waals surface area contributed by atoms with E-state index in [1.807, 2.05) is 13.8 Å². The SMILES string of the molecule is CC(C)C[C@H](NC(=O)C(C)SCC(=O)Nc1ccc(F)cc1)C(=O)O. The van der Waals surface area contributed by atoms with Crippen LogP contribution in [0, 0.1) is 11.7 Å². The minimum absolute atomic E-state index is 0.0217. The molecular weight excluding hydrogens is 347 g/mol. The molecule has 0 bridgehead atoms. The fraction of sp³-hybridized carbons (Fsp3) is 0.471. The molecule has 6 nitrogen and oxygen atoms in total. The first-order chi connectivity index (χ1) is 11.7. The Labute approximate surface area is 150 Å². The number of halogens is 1. The molecule has 1 aromatic rings. The largest absolute Gasteiger partial charge is 0.480 e. The van der Waals surface area contributed by atoms with Gasteiger partial charge in [0.15, 0.2) is 0 Å². The quantitative estimate of drug-likeness (QED) is 0.621. The van der Waals surface area contributed by atoms with E-state index in [1.54, 1.807) is 6.92 Å². The van der Waals surface area contributed by atoms with Crippen LogP contribution in [0.2, 0.25) is 0 Å². The summed E-state index contributed by atoms with van der Waals surface area (Å²) >= 11 is 1.10. The van der Waals surface area contributed by atoms with Gasteiger partial charge in [-0.25, -0.2) is 9.18 Å². The highest BCUT2D eigenvalue weighted by Crippen LogP contribution is 2.14. The van der Waals surface area contributed by atoms with Gasteiger partial charge < -0.3 is 15.7 Å². The number of carbonyl (C=O) groups is 3. The first-order valence-corrected chi connectivity index (χ1v) is 8.94. The van der Waals surface area contributed by atoms with Gasteiger partial charge in [0.25, 0.3) is 0 Å². The Morgan fingerprint density at radius 1 is 1.16 bits per heavy atom. The molecule has 1 aromatic carbocycles. The zero-order valence-electron chi connectivity index (χ0n) is 14.4. The first kappa shape index (κ1) is 21.0. The molecule has 0 saturated heterocycles. The number of nitrogens with one attached hydrogen (secondary N) is 2. The van der Waals surface area contributed by atoms with Gasteiger partial charge in [0.05, 0.1) is 11.0 Å². The molecule has 0 aromatic heterocycles. The molecule has 0 aliphatic carbocycles. The molecular formula is C17H23FN2O4S. The fourth-order valence-electron chi connectivity index (χ4n) is 1.99. The number of benzene rings is 1. The van der Waals surface area contributed by atoms with Crippen LogP contribution < -0.4 is 10.6 Å². The fourth-order valence-corrected chi connectivity index (χ4v) is 2.68. The molecule has 3 N–H and O–H groups in total. The number of rotatable bonds is 9. The second kappa shape index (κ2) is 10.0. The van der Waals surface area contributed by atoms with E-state index >= 15 is 0 Å². The van der Waals surface area contributed by atoms with E-state index in [2.05, 4.69) is 10.6 Å². The highest BCUT2D eigenvalue weighted by molar-refractivity contribution is 8.01. The van der Waals surface area contributed by atoms with Crippen molar-refractivity contribution < 1.29 is 23.9 Å². The summed E-state index contributed by atoms with van der Waals surface area (Å²) in [5.74, 6) is -2.07. The average Bonchev–Trinajstić information content (AvgIpc) is 2.53. The van der Waals surface area contributed by atoms with Crippen molar-refractivity contribution in [3.8, 4) is 0 Å². The summed E-state index contributed by atoms with van der Waals surface area (Å²) < 4.78 is 12.8. The summed E-state index contributed by atoms with van der Waals surface area (Å²) in [6.07, 6.45) is 0.337. The lowest BCUT2D eigenvalue weighted by molar-refractivity contribution is -0.142. The van der Waals surface area contributed by atoms with Crippen LogP contribution in [0.25, 0.3) is 0 Å². The van der Waals surface area contributed by atoms with Gasteiger partial charge in [-0.3, -0.25) is 9.59 Å². The van der Waals surface area contributed by atoms with Crippen molar-refractivity contribution in [2.45, 2.75) is 38.5 Å². The Balaban J connectivity index is 2.44. The topological polar surface area (TPSA) is 95.5 Å². The molecule has 1 rings (SSSR count). The average molecular weight is 370 g/mol. The number of carbonyl (C=O) groups excluding carboxylic acids is 2. The normalized spacial score (nSPS) is 13.2. The van der Waals surface area contributed by atoms with E-state index in [-0.39, 0.29) is 17.6 Å². The van der Waals surface area contributed by atoms with Gasteiger partial charge in [0.1, 0.15) is 11.9 Å². The van der Waals surface area contributed by atoms with Crippen molar-refractivity contribution in [1.82, 2.24) is 5.32 Å². The van der Waals surface area contributed by atoms with Crippen LogP contribution in [0.1, 0.15) is 27.2 Å². The van der Waals surface area contributed by atoms with E-state index in [9.17, 15) is 18.8 Å². The number of carboxylic acid groups (broad SMARTS) is 1. The number of thioether (sulfide) groups is 1. The Morgan fingerprint density at radius 3 is 2.28 bits per heavy atom. The minimum atomic E-state index is -1.08. The van der Waals surface area contributed by atoms with Crippen molar-refractivity contribution >= 4 is 35.2 Å². The number of hydrogen-bond donors (Lipinski definition) is 3. The maximum Gasteiger partial charge on any atom is 0.326 e. The third-order valence-electron chi connectivity index (χ3n) is 3.28. The lowest BCUT2D eigenvalue weighted by atomic mass is 10.0. The predicted molar refractivity (Wildman–Crippen MR) is 96.0 cm³/mol. The number of carboxylic acids is 1. The summed E-state index contributed by atoms with van der Waals surface area (Å²) in [6, 6.07) is 4.41. The predicted octanol–water partition coefficient (Wildman–Crippen LogP) is 2.50. The Hall–Kier alpha value is -2.09. The van der Waals surface area contributed by atoms with Crippen LogP contribution in [-0.2, 0) is 14.4 Å². The number of amides is 2. The van der Waals surface area contributed by atoms with Crippen LogP contribution in [-0.4, -0.2) is 39.9 Å². The van der Waals surface area contributed by atoms with Crippen LogP contribution in [0.4, 0.5) is 10.1 Å². The molecule has 0 spiro atoms. The molecule has 0 aliphatic heterocycles.